The molecule has 1 N–H and O–H groups in total. The standard InChI is InChI=1S/C19H25ClN2O.C2H6/c1-4-15-8-5-6-9-18(15)22(13-7-12-21(2)3)16-10-11-19(23)17(20)14-16;1-2/h5-6,8-11,14,23H,4,7,12-13H2,1-3H3;1-2H3. The van der Waals surface area contributed by atoms with Crippen molar-refractivity contribution >= 4 is 23.0 Å². The summed E-state index contributed by atoms with van der Waals surface area (Å²) in [5.41, 5.74) is 3.52. The van der Waals surface area contributed by atoms with Crippen LogP contribution in [0.1, 0.15) is 32.8 Å². The van der Waals surface area contributed by atoms with Crippen molar-refractivity contribution < 1.29 is 5.11 Å². The lowest BCUT2D eigenvalue weighted by molar-refractivity contribution is 0.402. The van der Waals surface area contributed by atoms with Crippen molar-refractivity contribution in [3.8, 4) is 5.75 Å². The van der Waals surface area contributed by atoms with Gasteiger partial charge in [-0.05, 0) is 63.3 Å². The third-order valence-corrected chi connectivity index (χ3v) is 4.20. The molecular weight excluding hydrogens is 332 g/mol. The molecule has 0 aliphatic rings. The highest BCUT2D eigenvalue weighted by Gasteiger charge is 2.14. The van der Waals surface area contributed by atoms with E-state index in [0.29, 0.717) is 5.02 Å². The summed E-state index contributed by atoms with van der Waals surface area (Å²) >= 11 is 6.12. The number of halogens is 1. The Morgan fingerprint density at radius 2 is 1.68 bits per heavy atom. The molecule has 4 heteroatoms. The summed E-state index contributed by atoms with van der Waals surface area (Å²) in [6.07, 6.45) is 2.02. The lowest BCUT2D eigenvalue weighted by Gasteiger charge is -2.28. The highest BCUT2D eigenvalue weighted by Crippen LogP contribution is 2.34. The summed E-state index contributed by atoms with van der Waals surface area (Å²) in [6.45, 7) is 8.09. The van der Waals surface area contributed by atoms with E-state index in [1.807, 2.05) is 26.0 Å². The van der Waals surface area contributed by atoms with E-state index in [0.717, 1.165) is 31.6 Å². The van der Waals surface area contributed by atoms with E-state index in [1.165, 1.54) is 11.3 Å². The molecule has 0 radical (unpaired) electrons. The van der Waals surface area contributed by atoms with Crippen LogP contribution in [0.25, 0.3) is 0 Å². The van der Waals surface area contributed by atoms with E-state index in [4.69, 9.17) is 11.6 Å². The summed E-state index contributed by atoms with van der Waals surface area (Å²) in [5.74, 6) is 0.118. The summed E-state index contributed by atoms with van der Waals surface area (Å²) in [7, 11) is 4.17. The average molecular weight is 363 g/mol. The minimum absolute atomic E-state index is 0.118. The molecule has 0 bridgehead atoms. The number of hydrogen-bond acceptors (Lipinski definition) is 3. The van der Waals surface area contributed by atoms with E-state index < -0.39 is 0 Å². The van der Waals surface area contributed by atoms with Crippen LogP contribution in [-0.4, -0.2) is 37.2 Å². The molecule has 2 aromatic carbocycles. The molecule has 2 rings (SSSR count). The zero-order valence-electron chi connectivity index (χ0n) is 16.1. The quantitative estimate of drug-likeness (QED) is 0.681. The summed E-state index contributed by atoms with van der Waals surface area (Å²) < 4.78 is 0. The van der Waals surface area contributed by atoms with E-state index in [9.17, 15) is 5.11 Å². The third-order valence-electron chi connectivity index (χ3n) is 3.89. The molecule has 3 nitrogen and oxygen atoms in total. The SMILES string of the molecule is CC.CCc1ccccc1N(CCCN(C)C)c1ccc(O)c(Cl)c1. The van der Waals surface area contributed by atoms with Crippen molar-refractivity contribution in [1.82, 2.24) is 4.90 Å². The smallest absolute Gasteiger partial charge is 0.134 e. The van der Waals surface area contributed by atoms with Crippen molar-refractivity contribution in [2.24, 2.45) is 0 Å². The highest BCUT2D eigenvalue weighted by molar-refractivity contribution is 6.32. The van der Waals surface area contributed by atoms with E-state index >= 15 is 0 Å². The predicted octanol–water partition coefficient (Wildman–Crippen LogP) is 5.72. The van der Waals surface area contributed by atoms with Crippen molar-refractivity contribution in [1.29, 1.82) is 0 Å². The van der Waals surface area contributed by atoms with Gasteiger partial charge in [-0.3, -0.25) is 0 Å². The first-order valence-electron chi connectivity index (χ1n) is 9.01. The fourth-order valence-corrected chi connectivity index (χ4v) is 2.85. The Bertz CT molecular complexity index is 644. The summed E-state index contributed by atoms with van der Waals surface area (Å²) in [4.78, 5) is 4.47. The minimum Gasteiger partial charge on any atom is -0.506 e. The fourth-order valence-electron chi connectivity index (χ4n) is 2.67. The van der Waals surface area contributed by atoms with E-state index in [-0.39, 0.29) is 5.75 Å². The molecule has 25 heavy (non-hydrogen) atoms. The molecule has 0 aliphatic carbocycles. The van der Waals surface area contributed by atoms with E-state index in [2.05, 4.69) is 55.1 Å². The van der Waals surface area contributed by atoms with Crippen LogP contribution in [0.15, 0.2) is 42.5 Å². The number of nitrogens with zero attached hydrogens (tertiary/aromatic N) is 2. The molecule has 0 unspecified atom stereocenters. The highest BCUT2D eigenvalue weighted by atomic mass is 35.5. The van der Waals surface area contributed by atoms with Crippen LogP contribution in [-0.2, 0) is 6.42 Å². The van der Waals surface area contributed by atoms with Gasteiger partial charge < -0.3 is 14.9 Å². The second kappa shape index (κ2) is 11.0. The molecule has 0 amide bonds. The summed E-state index contributed by atoms with van der Waals surface area (Å²) in [5, 5.41) is 10.1. The van der Waals surface area contributed by atoms with Crippen molar-refractivity contribution in [3.05, 3.63) is 53.1 Å². The molecule has 2 aromatic rings. The monoisotopic (exact) mass is 362 g/mol. The first-order chi connectivity index (χ1) is 12.0. The van der Waals surface area contributed by atoms with Gasteiger partial charge in [0.15, 0.2) is 0 Å². The number of phenolic OH excluding ortho intramolecular Hbond substituents is 1. The van der Waals surface area contributed by atoms with Gasteiger partial charge in [0.05, 0.1) is 5.02 Å². The molecule has 0 atom stereocenters. The van der Waals surface area contributed by atoms with Gasteiger partial charge in [0.25, 0.3) is 0 Å². The van der Waals surface area contributed by atoms with Gasteiger partial charge in [0.2, 0.25) is 0 Å². The van der Waals surface area contributed by atoms with Crippen molar-refractivity contribution in [2.45, 2.75) is 33.6 Å². The Balaban J connectivity index is 0.00000151. The van der Waals surface area contributed by atoms with Gasteiger partial charge in [0, 0.05) is 17.9 Å². The number of rotatable bonds is 7. The fraction of sp³-hybridized carbons (Fsp3) is 0.429. The van der Waals surface area contributed by atoms with Gasteiger partial charge in [0.1, 0.15) is 5.75 Å². The van der Waals surface area contributed by atoms with Crippen LogP contribution in [0.2, 0.25) is 5.02 Å². The second-order valence-corrected chi connectivity index (χ2v) is 6.33. The predicted molar refractivity (Wildman–Crippen MR) is 110 cm³/mol. The number of anilines is 2. The number of aryl methyl sites for hydroxylation is 1. The Labute approximate surface area is 157 Å². The molecule has 0 saturated heterocycles. The van der Waals surface area contributed by atoms with Gasteiger partial charge in [-0.1, -0.05) is 50.6 Å². The number of phenols is 1. The van der Waals surface area contributed by atoms with Crippen molar-refractivity contribution in [3.63, 3.8) is 0 Å². The second-order valence-electron chi connectivity index (χ2n) is 5.93. The Hall–Kier alpha value is -1.71. The molecule has 0 aliphatic heterocycles. The number of hydrogen-bond donors (Lipinski definition) is 1. The van der Waals surface area contributed by atoms with Gasteiger partial charge in [-0.15, -0.1) is 0 Å². The zero-order chi connectivity index (χ0) is 18.8. The maximum atomic E-state index is 9.69. The molecular formula is C21H31ClN2O. The van der Waals surface area contributed by atoms with Gasteiger partial charge in [-0.25, -0.2) is 0 Å². The molecule has 0 heterocycles. The molecule has 0 aromatic heterocycles. The van der Waals surface area contributed by atoms with Crippen LogP contribution >= 0.6 is 11.6 Å². The largest absolute Gasteiger partial charge is 0.506 e. The molecule has 138 valence electrons. The first-order valence-corrected chi connectivity index (χ1v) is 9.39. The number of benzene rings is 2. The molecule has 0 spiro atoms. The van der Waals surface area contributed by atoms with Crippen LogP contribution < -0.4 is 4.90 Å². The topological polar surface area (TPSA) is 26.7 Å². The van der Waals surface area contributed by atoms with Gasteiger partial charge in [-0.2, -0.15) is 0 Å². The Kier molecular flexibility index (Phi) is 9.40. The third kappa shape index (κ3) is 6.26. The lowest BCUT2D eigenvalue weighted by atomic mass is 10.1. The van der Waals surface area contributed by atoms with Gasteiger partial charge >= 0.3 is 0 Å². The number of para-hydroxylation sites is 1. The van der Waals surface area contributed by atoms with Crippen molar-refractivity contribution in [2.75, 3.05) is 32.1 Å². The number of aromatic hydroxyl groups is 1. The first kappa shape index (κ1) is 21.3. The van der Waals surface area contributed by atoms with Crippen LogP contribution in [0.3, 0.4) is 0 Å². The van der Waals surface area contributed by atoms with Crippen LogP contribution in [0, 0.1) is 0 Å². The lowest BCUT2D eigenvalue weighted by Crippen LogP contribution is -2.24. The maximum absolute atomic E-state index is 9.69. The normalized spacial score (nSPS) is 10.4. The van der Waals surface area contributed by atoms with Crippen LogP contribution in [0.5, 0.6) is 5.75 Å². The zero-order valence-corrected chi connectivity index (χ0v) is 16.8. The molecule has 0 fully saturated rings. The maximum Gasteiger partial charge on any atom is 0.134 e. The Morgan fingerprint density at radius 1 is 1.00 bits per heavy atom. The van der Waals surface area contributed by atoms with Crippen LogP contribution in [0.4, 0.5) is 11.4 Å². The Morgan fingerprint density at radius 3 is 2.28 bits per heavy atom. The average Bonchev–Trinajstić information content (AvgIpc) is 2.63. The summed E-state index contributed by atoms with van der Waals surface area (Å²) in [6, 6.07) is 13.9. The molecule has 0 saturated carbocycles. The van der Waals surface area contributed by atoms with E-state index in [1.54, 1.807) is 6.07 Å². The minimum atomic E-state index is 0.118.